The SMILES string of the molecule is O=C1CCC(c2cnc3c(c2)c(-c2cn[nH]c2)cn3S(=O)(=O)c2ccccc2)CC1. The average molecular weight is 420 g/mol. The third kappa shape index (κ3) is 3.13. The Morgan fingerprint density at radius 1 is 1.07 bits per heavy atom. The highest BCUT2D eigenvalue weighted by Crippen LogP contribution is 2.36. The maximum atomic E-state index is 13.3. The minimum absolute atomic E-state index is 0.206. The van der Waals surface area contributed by atoms with Gasteiger partial charge in [-0.3, -0.25) is 9.89 Å². The summed E-state index contributed by atoms with van der Waals surface area (Å²) >= 11 is 0. The molecule has 1 aliphatic carbocycles. The summed E-state index contributed by atoms with van der Waals surface area (Å²) in [4.78, 5) is 16.4. The van der Waals surface area contributed by atoms with Crippen molar-refractivity contribution in [2.45, 2.75) is 36.5 Å². The van der Waals surface area contributed by atoms with Crippen molar-refractivity contribution in [3.63, 3.8) is 0 Å². The maximum Gasteiger partial charge on any atom is 0.269 e. The summed E-state index contributed by atoms with van der Waals surface area (Å²) in [6.45, 7) is 0. The molecule has 1 aromatic carbocycles. The quantitative estimate of drug-likeness (QED) is 0.540. The van der Waals surface area contributed by atoms with Gasteiger partial charge in [0.05, 0.1) is 11.1 Å². The molecule has 4 aromatic rings. The summed E-state index contributed by atoms with van der Waals surface area (Å²) in [5, 5.41) is 7.56. The first-order valence-corrected chi connectivity index (χ1v) is 11.3. The molecule has 7 nitrogen and oxygen atoms in total. The molecule has 0 aliphatic heterocycles. The number of benzene rings is 1. The number of aromatic amines is 1. The average Bonchev–Trinajstić information content (AvgIpc) is 3.42. The molecular formula is C22H20N4O3S. The molecule has 0 spiro atoms. The van der Waals surface area contributed by atoms with E-state index in [2.05, 4.69) is 15.2 Å². The number of rotatable bonds is 4. The van der Waals surface area contributed by atoms with Gasteiger partial charge in [-0.2, -0.15) is 5.10 Å². The van der Waals surface area contributed by atoms with Gasteiger partial charge in [-0.05, 0) is 42.5 Å². The number of carbonyl (C=O) groups excluding carboxylic acids is 1. The fourth-order valence-corrected chi connectivity index (χ4v) is 5.45. The lowest BCUT2D eigenvalue weighted by molar-refractivity contribution is -0.120. The number of ketones is 1. The molecule has 3 aromatic heterocycles. The Kier molecular flexibility index (Phi) is 4.51. The van der Waals surface area contributed by atoms with Gasteiger partial charge in [0.1, 0.15) is 5.78 Å². The molecule has 0 radical (unpaired) electrons. The summed E-state index contributed by atoms with van der Waals surface area (Å²) in [7, 11) is -3.80. The number of hydrogen-bond donors (Lipinski definition) is 1. The molecule has 0 atom stereocenters. The van der Waals surface area contributed by atoms with Gasteiger partial charge in [0, 0.05) is 47.9 Å². The molecule has 3 heterocycles. The minimum Gasteiger partial charge on any atom is -0.300 e. The molecule has 1 saturated carbocycles. The third-order valence-electron chi connectivity index (χ3n) is 5.76. The predicted octanol–water partition coefficient (Wildman–Crippen LogP) is 3.89. The van der Waals surface area contributed by atoms with Crippen LogP contribution in [0, 0.1) is 0 Å². The van der Waals surface area contributed by atoms with Crippen LogP contribution in [0.2, 0.25) is 0 Å². The van der Waals surface area contributed by atoms with Crippen molar-refractivity contribution in [3.8, 4) is 11.1 Å². The van der Waals surface area contributed by atoms with Crippen LogP contribution in [-0.2, 0) is 14.8 Å². The highest BCUT2D eigenvalue weighted by atomic mass is 32.2. The van der Waals surface area contributed by atoms with Crippen LogP contribution in [0.15, 0.2) is 66.1 Å². The van der Waals surface area contributed by atoms with Gasteiger partial charge in [0.15, 0.2) is 5.65 Å². The minimum atomic E-state index is -3.80. The van der Waals surface area contributed by atoms with Crippen molar-refractivity contribution in [1.82, 2.24) is 19.2 Å². The molecule has 8 heteroatoms. The lowest BCUT2D eigenvalue weighted by Crippen LogP contribution is -2.13. The molecule has 1 aliphatic rings. The Hall–Kier alpha value is -3.26. The van der Waals surface area contributed by atoms with E-state index in [1.807, 2.05) is 6.07 Å². The highest BCUT2D eigenvalue weighted by Gasteiger charge is 2.25. The van der Waals surface area contributed by atoms with Crippen LogP contribution in [0.4, 0.5) is 0 Å². The van der Waals surface area contributed by atoms with E-state index in [0.717, 1.165) is 34.9 Å². The molecule has 0 unspecified atom stereocenters. The van der Waals surface area contributed by atoms with Crippen molar-refractivity contribution in [3.05, 3.63) is 66.7 Å². The summed E-state index contributed by atoms with van der Waals surface area (Å²) in [6, 6.07) is 10.3. The molecule has 5 rings (SSSR count). The van der Waals surface area contributed by atoms with Gasteiger partial charge in [0.25, 0.3) is 10.0 Å². The van der Waals surface area contributed by atoms with Crippen LogP contribution in [0.25, 0.3) is 22.2 Å². The molecule has 1 fully saturated rings. The molecule has 152 valence electrons. The zero-order valence-electron chi connectivity index (χ0n) is 16.2. The second-order valence-electron chi connectivity index (χ2n) is 7.60. The summed E-state index contributed by atoms with van der Waals surface area (Å²) < 4.78 is 27.9. The summed E-state index contributed by atoms with van der Waals surface area (Å²) in [5.41, 5.74) is 2.96. The van der Waals surface area contributed by atoms with E-state index >= 15 is 0 Å². The van der Waals surface area contributed by atoms with Crippen molar-refractivity contribution in [2.24, 2.45) is 0 Å². The van der Waals surface area contributed by atoms with E-state index in [4.69, 9.17) is 0 Å². The number of aromatic nitrogens is 4. The van der Waals surface area contributed by atoms with Crippen LogP contribution in [0.5, 0.6) is 0 Å². The van der Waals surface area contributed by atoms with Gasteiger partial charge in [-0.25, -0.2) is 17.4 Å². The Labute approximate surface area is 173 Å². The normalized spacial score (nSPS) is 15.7. The first kappa shape index (κ1) is 18.7. The van der Waals surface area contributed by atoms with Crippen molar-refractivity contribution in [1.29, 1.82) is 0 Å². The van der Waals surface area contributed by atoms with Gasteiger partial charge in [0.2, 0.25) is 0 Å². The first-order chi connectivity index (χ1) is 14.5. The van der Waals surface area contributed by atoms with E-state index in [9.17, 15) is 13.2 Å². The lowest BCUT2D eigenvalue weighted by Gasteiger charge is -2.21. The molecule has 0 bridgehead atoms. The largest absolute Gasteiger partial charge is 0.300 e. The molecule has 30 heavy (non-hydrogen) atoms. The number of Topliss-reactive ketones (excluding diaryl/α,β-unsaturated/α-hetero) is 1. The summed E-state index contributed by atoms with van der Waals surface area (Å²) in [5.74, 6) is 0.561. The Morgan fingerprint density at radius 2 is 1.83 bits per heavy atom. The van der Waals surface area contributed by atoms with Gasteiger partial charge >= 0.3 is 0 Å². The van der Waals surface area contributed by atoms with Gasteiger partial charge in [-0.1, -0.05) is 18.2 Å². The number of H-pyrrole nitrogens is 1. The number of pyridine rings is 1. The monoisotopic (exact) mass is 420 g/mol. The van der Waals surface area contributed by atoms with E-state index in [1.54, 1.807) is 55.1 Å². The molecule has 0 saturated heterocycles. The van der Waals surface area contributed by atoms with Crippen LogP contribution in [0.1, 0.15) is 37.2 Å². The van der Waals surface area contributed by atoms with Crippen molar-refractivity contribution in [2.75, 3.05) is 0 Å². The predicted molar refractivity (Wildman–Crippen MR) is 113 cm³/mol. The fraction of sp³-hybridized carbons (Fsp3) is 0.227. The number of nitrogens with zero attached hydrogens (tertiary/aromatic N) is 3. The number of carbonyl (C=O) groups is 1. The summed E-state index contributed by atoms with van der Waals surface area (Å²) in [6.07, 6.45) is 9.53. The van der Waals surface area contributed by atoms with Gasteiger partial charge < -0.3 is 0 Å². The van der Waals surface area contributed by atoms with Gasteiger partial charge in [-0.15, -0.1) is 0 Å². The van der Waals surface area contributed by atoms with E-state index in [0.29, 0.717) is 24.3 Å². The Bertz CT molecular complexity index is 1320. The van der Waals surface area contributed by atoms with Crippen molar-refractivity contribution < 1.29 is 13.2 Å². The number of fused-ring (bicyclic) bond motifs is 1. The topological polar surface area (TPSA) is 97.7 Å². The standard InChI is InChI=1S/C22H20N4O3S/c27-18-8-6-15(7-9-18)16-10-20-21(17-12-24-25-13-17)14-26(22(20)23-11-16)30(28,29)19-4-2-1-3-5-19/h1-5,10-15H,6-9H2,(H,24,25). The maximum absolute atomic E-state index is 13.3. The van der Waals surface area contributed by atoms with Crippen LogP contribution >= 0.6 is 0 Å². The van der Waals surface area contributed by atoms with Crippen molar-refractivity contribution >= 4 is 26.8 Å². The third-order valence-corrected chi connectivity index (χ3v) is 7.42. The van der Waals surface area contributed by atoms with E-state index < -0.39 is 10.0 Å². The van der Waals surface area contributed by atoms with E-state index in [-0.39, 0.29) is 10.8 Å². The smallest absolute Gasteiger partial charge is 0.269 e. The zero-order valence-corrected chi connectivity index (χ0v) is 17.0. The second kappa shape index (κ2) is 7.21. The number of nitrogens with one attached hydrogen (secondary N) is 1. The molecular weight excluding hydrogens is 400 g/mol. The number of hydrogen-bond acceptors (Lipinski definition) is 5. The first-order valence-electron chi connectivity index (χ1n) is 9.86. The Morgan fingerprint density at radius 3 is 2.53 bits per heavy atom. The Balaban J connectivity index is 1.69. The second-order valence-corrected chi connectivity index (χ2v) is 9.41. The molecule has 1 N–H and O–H groups in total. The fourth-order valence-electron chi connectivity index (χ4n) is 4.11. The van der Waals surface area contributed by atoms with Crippen LogP contribution in [-0.4, -0.2) is 33.4 Å². The molecule has 0 amide bonds. The zero-order chi connectivity index (χ0) is 20.7. The highest BCUT2D eigenvalue weighted by molar-refractivity contribution is 7.90. The van der Waals surface area contributed by atoms with Crippen LogP contribution in [0.3, 0.4) is 0 Å². The lowest BCUT2D eigenvalue weighted by atomic mass is 9.84. The van der Waals surface area contributed by atoms with E-state index in [1.165, 1.54) is 3.97 Å². The van der Waals surface area contributed by atoms with Crippen LogP contribution < -0.4 is 0 Å².